The van der Waals surface area contributed by atoms with E-state index in [0.29, 0.717) is 19.6 Å². The molecule has 2 unspecified atom stereocenters. The van der Waals surface area contributed by atoms with Crippen molar-refractivity contribution >= 4 is 11.8 Å². The van der Waals surface area contributed by atoms with Crippen molar-refractivity contribution in [3.05, 3.63) is 59.9 Å². The second-order valence-corrected chi connectivity index (χ2v) is 7.43. The monoisotopic (exact) mass is 381 g/mol. The lowest BCUT2D eigenvalue weighted by atomic mass is 9.88. The number of rotatable bonds is 6. The number of benzene rings is 1. The Kier molecular flexibility index (Phi) is 6.29. The van der Waals surface area contributed by atoms with E-state index in [4.69, 9.17) is 4.74 Å². The molecule has 6 nitrogen and oxygen atoms in total. The number of nitrogens with zero attached hydrogens (tertiary/aromatic N) is 2. The Balaban J connectivity index is 1.79. The minimum absolute atomic E-state index is 0.0578. The van der Waals surface area contributed by atoms with Crippen molar-refractivity contribution in [2.45, 2.75) is 26.3 Å². The van der Waals surface area contributed by atoms with Crippen LogP contribution in [0, 0.1) is 11.8 Å². The van der Waals surface area contributed by atoms with E-state index in [1.165, 1.54) is 0 Å². The third-order valence-corrected chi connectivity index (χ3v) is 5.15. The highest BCUT2D eigenvalue weighted by molar-refractivity contribution is 5.84. The van der Waals surface area contributed by atoms with Crippen molar-refractivity contribution in [1.82, 2.24) is 15.2 Å². The summed E-state index contributed by atoms with van der Waals surface area (Å²) >= 11 is 0. The standard InChI is InChI=1S/C22H27N3O3/c1-15(2)22(27)25-13-19(16-7-6-9-18(11-16)28-3)20(14-25)21(26)24-12-17-8-4-5-10-23-17/h4-11,15,19-20H,12-14H2,1-3H3,(H,24,26). The molecular weight excluding hydrogens is 354 g/mol. The lowest BCUT2D eigenvalue weighted by Crippen LogP contribution is -2.36. The van der Waals surface area contributed by atoms with Crippen LogP contribution in [0.2, 0.25) is 0 Å². The average molecular weight is 381 g/mol. The van der Waals surface area contributed by atoms with E-state index in [9.17, 15) is 9.59 Å². The molecule has 1 saturated heterocycles. The zero-order valence-corrected chi connectivity index (χ0v) is 16.6. The van der Waals surface area contributed by atoms with E-state index in [-0.39, 0.29) is 29.6 Å². The molecule has 0 saturated carbocycles. The molecule has 1 aromatic carbocycles. The number of hydrogen-bond acceptors (Lipinski definition) is 4. The molecule has 6 heteroatoms. The van der Waals surface area contributed by atoms with E-state index >= 15 is 0 Å². The highest BCUT2D eigenvalue weighted by Crippen LogP contribution is 2.35. The molecule has 1 aliphatic heterocycles. The predicted molar refractivity (Wildman–Crippen MR) is 107 cm³/mol. The summed E-state index contributed by atoms with van der Waals surface area (Å²) in [5.74, 6) is 0.297. The summed E-state index contributed by atoms with van der Waals surface area (Å²) in [6, 6.07) is 13.4. The van der Waals surface area contributed by atoms with Crippen LogP contribution >= 0.6 is 0 Å². The van der Waals surface area contributed by atoms with Gasteiger partial charge in [0, 0.05) is 31.1 Å². The molecule has 1 fully saturated rings. The fourth-order valence-electron chi connectivity index (χ4n) is 3.64. The second-order valence-electron chi connectivity index (χ2n) is 7.43. The van der Waals surface area contributed by atoms with E-state index in [2.05, 4.69) is 10.3 Å². The summed E-state index contributed by atoms with van der Waals surface area (Å²) in [5.41, 5.74) is 1.82. The van der Waals surface area contributed by atoms with Crippen LogP contribution in [-0.2, 0) is 16.1 Å². The van der Waals surface area contributed by atoms with Gasteiger partial charge in [0.1, 0.15) is 5.75 Å². The zero-order chi connectivity index (χ0) is 20.1. The molecule has 0 spiro atoms. The van der Waals surface area contributed by atoms with Crippen molar-refractivity contribution in [2.75, 3.05) is 20.2 Å². The third kappa shape index (κ3) is 4.50. The first kappa shape index (κ1) is 19.9. The summed E-state index contributed by atoms with van der Waals surface area (Å²) in [4.78, 5) is 31.6. The van der Waals surface area contributed by atoms with Gasteiger partial charge in [0.15, 0.2) is 0 Å². The Morgan fingerprint density at radius 3 is 2.71 bits per heavy atom. The molecule has 0 aliphatic carbocycles. The van der Waals surface area contributed by atoms with Gasteiger partial charge in [0.05, 0.1) is 25.3 Å². The molecular formula is C22H27N3O3. The highest BCUT2D eigenvalue weighted by Gasteiger charge is 2.40. The van der Waals surface area contributed by atoms with Crippen molar-refractivity contribution in [3.63, 3.8) is 0 Å². The minimum Gasteiger partial charge on any atom is -0.497 e. The lowest BCUT2D eigenvalue weighted by molar-refractivity contribution is -0.133. The van der Waals surface area contributed by atoms with Crippen molar-refractivity contribution in [2.24, 2.45) is 11.8 Å². The Labute approximate surface area is 165 Å². The van der Waals surface area contributed by atoms with E-state index in [1.807, 2.05) is 56.3 Å². The molecule has 1 N–H and O–H groups in total. The zero-order valence-electron chi connectivity index (χ0n) is 16.6. The first-order valence-electron chi connectivity index (χ1n) is 9.60. The Morgan fingerprint density at radius 1 is 1.21 bits per heavy atom. The van der Waals surface area contributed by atoms with Crippen LogP contribution in [0.5, 0.6) is 5.75 Å². The molecule has 28 heavy (non-hydrogen) atoms. The van der Waals surface area contributed by atoms with Gasteiger partial charge < -0.3 is 15.0 Å². The van der Waals surface area contributed by atoms with Gasteiger partial charge in [-0.15, -0.1) is 0 Å². The fraction of sp³-hybridized carbons (Fsp3) is 0.409. The fourth-order valence-corrected chi connectivity index (χ4v) is 3.64. The number of nitrogens with one attached hydrogen (secondary N) is 1. The maximum atomic E-state index is 13.0. The van der Waals surface area contributed by atoms with Crippen LogP contribution in [0.1, 0.15) is 31.0 Å². The number of methoxy groups -OCH3 is 1. The number of carbonyl (C=O) groups is 2. The van der Waals surface area contributed by atoms with Crippen molar-refractivity contribution in [3.8, 4) is 5.75 Å². The molecule has 148 valence electrons. The van der Waals surface area contributed by atoms with E-state index < -0.39 is 0 Å². The lowest BCUT2D eigenvalue weighted by Gasteiger charge is -2.19. The summed E-state index contributed by atoms with van der Waals surface area (Å²) in [6.45, 7) is 5.10. The number of ether oxygens (including phenoxy) is 1. The van der Waals surface area contributed by atoms with Gasteiger partial charge >= 0.3 is 0 Å². The van der Waals surface area contributed by atoms with E-state index in [0.717, 1.165) is 17.0 Å². The van der Waals surface area contributed by atoms with Gasteiger partial charge in [-0.1, -0.05) is 32.0 Å². The molecule has 2 aromatic rings. The normalized spacial score (nSPS) is 18.9. The topological polar surface area (TPSA) is 71.5 Å². The average Bonchev–Trinajstić information content (AvgIpc) is 3.17. The van der Waals surface area contributed by atoms with E-state index in [1.54, 1.807) is 18.2 Å². The highest BCUT2D eigenvalue weighted by atomic mass is 16.5. The van der Waals surface area contributed by atoms with Crippen LogP contribution in [0.15, 0.2) is 48.7 Å². The maximum absolute atomic E-state index is 13.0. The summed E-state index contributed by atoms with van der Waals surface area (Å²) in [6.07, 6.45) is 1.71. The van der Waals surface area contributed by atoms with Gasteiger partial charge in [-0.3, -0.25) is 14.6 Å². The number of hydrogen-bond donors (Lipinski definition) is 1. The molecule has 2 amide bonds. The molecule has 3 rings (SSSR count). The van der Waals surface area contributed by atoms with Gasteiger partial charge in [0.2, 0.25) is 11.8 Å². The van der Waals surface area contributed by atoms with Crippen molar-refractivity contribution in [1.29, 1.82) is 0 Å². The van der Waals surface area contributed by atoms with Crippen LogP contribution < -0.4 is 10.1 Å². The van der Waals surface area contributed by atoms with Crippen LogP contribution in [0.4, 0.5) is 0 Å². The van der Waals surface area contributed by atoms with Gasteiger partial charge in [0.25, 0.3) is 0 Å². The Hall–Kier alpha value is -2.89. The predicted octanol–water partition coefficient (Wildman–Crippen LogP) is 2.60. The van der Waals surface area contributed by atoms with Crippen LogP contribution in [0.25, 0.3) is 0 Å². The number of amides is 2. The summed E-state index contributed by atoms with van der Waals surface area (Å²) < 4.78 is 5.34. The largest absolute Gasteiger partial charge is 0.497 e. The minimum atomic E-state index is -0.307. The third-order valence-electron chi connectivity index (χ3n) is 5.15. The quantitative estimate of drug-likeness (QED) is 0.835. The number of likely N-dealkylation sites (tertiary alicyclic amines) is 1. The first-order chi connectivity index (χ1) is 13.5. The molecule has 2 atom stereocenters. The molecule has 0 radical (unpaired) electrons. The number of pyridine rings is 1. The number of aromatic nitrogens is 1. The first-order valence-corrected chi connectivity index (χ1v) is 9.60. The SMILES string of the molecule is COc1cccc(C2CN(C(=O)C(C)C)CC2C(=O)NCc2ccccn2)c1. The molecule has 0 bridgehead atoms. The maximum Gasteiger partial charge on any atom is 0.225 e. The molecule has 1 aromatic heterocycles. The van der Waals surface area contributed by atoms with Crippen molar-refractivity contribution < 1.29 is 14.3 Å². The van der Waals surface area contributed by atoms with Gasteiger partial charge in [-0.2, -0.15) is 0 Å². The number of carbonyl (C=O) groups excluding carboxylic acids is 2. The second kappa shape index (κ2) is 8.87. The Morgan fingerprint density at radius 2 is 2.04 bits per heavy atom. The van der Waals surface area contributed by atoms with Gasteiger partial charge in [-0.05, 0) is 29.8 Å². The smallest absolute Gasteiger partial charge is 0.225 e. The molecule has 1 aliphatic rings. The Bertz CT molecular complexity index is 823. The van der Waals surface area contributed by atoms with Gasteiger partial charge in [-0.25, -0.2) is 0 Å². The summed E-state index contributed by atoms with van der Waals surface area (Å²) in [5, 5.41) is 2.99. The summed E-state index contributed by atoms with van der Waals surface area (Å²) in [7, 11) is 1.62. The van der Waals surface area contributed by atoms with Crippen LogP contribution in [0.3, 0.4) is 0 Å². The van der Waals surface area contributed by atoms with Crippen LogP contribution in [-0.4, -0.2) is 41.9 Å². The molecule has 2 heterocycles.